The largest absolute Gasteiger partial charge is 0.493 e. The fourth-order valence-electron chi connectivity index (χ4n) is 0.860. The monoisotopic (exact) mass is 157 g/mol. The van der Waals surface area contributed by atoms with E-state index in [4.69, 9.17) is 10.8 Å². The highest BCUT2D eigenvalue weighted by molar-refractivity contribution is 5.19. The van der Waals surface area contributed by atoms with Gasteiger partial charge in [-0.2, -0.15) is 0 Å². The third-order valence-electron chi connectivity index (χ3n) is 1.55. The molecule has 5 nitrogen and oxygen atoms in total. The summed E-state index contributed by atoms with van der Waals surface area (Å²) in [6.07, 6.45) is 0.668. The van der Waals surface area contributed by atoms with Gasteiger partial charge in [0.15, 0.2) is 0 Å². The van der Waals surface area contributed by atoms with Gasteiger partial charge in [0.25, 0.3) is 0 Å². The second kappa shape index (κ2) is 2.79. The number of aromatic nitrogens is 2. The number of aromatic amines is 2. The van der Waals surface area contributed by atoms with E-state index in [1.54, 1.807) is 0 Å². The Kier molecular flexibility index (Phi) is 2.00. The number of aromatic hydroxyl groups is 1. The highest BCUT2D eigenvalue weighted by Crippen LogP contribution is 2.17. The Morgan fingerprint density at radius 3 is 2.64 bits per heavy atom. The molecule has 1 rings (SSSR count). The lowest BCUT2D eigenvalue weighted by Gasteiger charge is -2.04. The van der Waals surface area contributed by atoms with Crippen LogP contribution >= 0.6 is 0 Å². The van der Waals surface area contributed by atoms with Crippen molar-refractivity contribution in [3.8, 4) is 5.88 Å². The van der Waals surface area contributed by atoms with Crippen LogP contribution in [0, 0.1) is 0 Å². The summed E-state index contributed by atoms with van der Waals surface area (Å²) in [4.78, 5) is 15.2. The molecule has 0 aliphatic carbocycles. The van der Waals surface area contributed by atoms with Crippen molar-refractivity contribution in [2.75, 3.05) is 0 Å². The Labute approximate surface area is 63.3 Å². The minimum atomic E-state index is -0.429. The first-order chi connectivity index (χ1) is 5.15. The third kappa shape index (κ3) is 1.43. The Morgan fingerprint density at radius 2 is 2.27 bits per heavy atom. The van der Waals surface area contributed by atoms with Gasteiger partial charge in [0.2, 0.25) is 5.88 Å². The molecule has 62 valence electrons. The zero-order chi connectivity index (χ0) is 8.43. The summed E-state index contributed by atoms with van der Waals surface area (Å²) in [6.45, 7) is 1.87. The topological polar surface area (TPSA) is 94.9 Å². The second-order valence-electron chi connectivity index (χ2n) is 2.36. The average molecular weight is 157 g/mol. The molecule has 0 radical (unpaired) electrons. The van der Waals surface area contributed by atoms with Crippen LogP contribution in [-0.2, 0) is 0 Å². The van der Waals surface area contributed by atoms with E-state index in [2.05, 4.69) is 9.97 Å². The lowest BCUT2D eigenvalue weighted by Crippen LogP contribution is -2.11. The van der Waals surface area contributed by atoms with Crippen molar-refractivity contribution < 1.29 is 5.11 Å². The quantitative estimate of drug-likeness (QED) is 0.479. The Morgan fingerprint density at radius 1 is 1.64 bits per heavy atom. The molecule has 0 bridgehead atoms. The van der Waals surface area contributed by atoms with Crippen LogP contribution in [0.25, 0.3) is 0 Å². The number of H-pyrrole nitrogens is 2. The van der Waals surface area contributed by atoms with Gasteiger partial charge in [0.1, 0.15) is 0 Å². The third-order valence-corrected chi connectivity index (χ3v) is 1.55. The first-order valence-electron chi connectivity index (χ1n) is 3.42. The number of nitrogens with one attached hydrogen (secondary N) is 2. The standard InChI is InChI=1S/C6H11N3O2/c1-2-3(7)4-5(10)9-6(11)8-4/h3,10H,2,7H2,1H3,(H2,8,9,11). The summed E-state index contributed by atoms with van der Waals surface area (Å²) in [5.74, 6) is -0.163. The SMILES string of the molecule is CCC(N)c1[nH]c(=O)[nH]c1O. The average Bonchev–Trinajstić information content (AvgIpc) is 2.28. The molecular formula is C6H11N3O2. The van der Waals surface area contributed by atoms with Gasteiger partial charge in [-0.1, -0.05) is 6.92 Å². The van der Waals surface area contributed by atoms with E-state index >= 15 is 0 Å². The lowest BCUT2D eigenvalue weighted by molar-refractivity contribution is 0.441. The smallest absolute Gasteiger partial charge is 0.326 e. The van der Waals surface area contributed by atoms with Crippen LogP contribution in [0.5, 0.6) is 5.88 Å². The Bertz CT molecular complexity index is 288. The first kappa shape index (κ1) is 7.87. The Balaban J connectivity index is 3.02. The van der Waals surface area contributed by atoms with Gasteiger partial charge in [-0.15, -0.1) is 0 Å². The van der Waals surface area contributed by atoms with Gasteiger partial charge >= 0.3 is 5.69 Å². The number of hydrogen-bond acceptors (Lipinski definition) is 3. The van der Waals surface area contributed by atoms with Crippen molar-refractivity contribution in [3.63, 3.8) is 0 Å². The van der Waals surface area contributed by atoms with Gasteiger partial charge in [-0.05, 0) is 6.42 Å². The number of imidazole rings is 1. The van der Waals surface area contributed by atoms with Crippen molar-refractivity contribution in [1.29, 1.82) is 0 Å². The van der Waals surface area contributed by atoms with Gasteiger partial charge in [-0.25, -0.2) is 4.79 Å². The van der Waals surface area contributed by atoms with Crippen LogP contribution in [-0.4, -0.2) is 15.1 Å². The van der Waals surface area contributed by atoms with Crippen LogP contribution < -0.4 is 11.4 Å². The maximum Gasteiger partial charge on any atom is 0.326 e. The molecule has 0 amide bonds. The van der Waals surface area contributed by atoms with E-state index in [9.17, 15) is 4.79 Å². The van der Waals surface area contributed by atoms with E-state index in [0.29, 0.717) is 12.1 Å². The van der Waals surface area contributed by atoms with Crippen LogP contribution in [0.1, 0.15) is 25.1 Å². The fourth-order valence-corrected chi connectivity index (χ4v) is 0.860. The second-order valence-corrected chi connectivity index (χ2v) is 2.36. The normalized spacial score (nSPS) is 13.3. The molecular weight excluding hydrogens is 146 g/mol. The van der Waals surface area contributed by atoms with E-state index in [1.165, 1.54) is 0 Å². The first-order valence-corrected chi connectivity index (χ1v) is 3.42. The van der Waals surface area contributed by atoms with Crippen molar-refractivity contribution >= 4 is 0 Å². The highest BCUT2D eigenvalue weighted by Gasteiger charge is 2.11. The van der Waals surface area contributed by atoms with E-state index in [-0.39, 0.29) is 11.9 Å². The zero-order valence-corrected chi connectivity index (χ0v) is 6.22. The summed E-state index contributed by atoms with van der Waals surface area (Å²) < 4.78 is 0. The zero-order valence-electron chi connectivity index (χ0n) is 6.22. The van der Waals surface area contributed by atoms with Gasteiger partial charge < -0.3 is 15.8 Å². The molecule has 1 atom stereocenters. The van der Waals surface area contributed by atoms with E-state index in [1.807, 2.05) is 6.92 Å². The molecule has 0 aromatic carbocycles. The minimum Gasteiger partial charge on any atom is -0.493 e. The molecule has 11 heavy (non-hydrogen) atoms. The number of hydrogen-bond donors (Lipinski definition) is 4. The van der Waals surface area contributed by atoms with Crippen molar-refractivity contribution in [3.05, 3.63) is 16.2 Å². The van der Waals surface area contributed by atoms with Gasteiger partial charge in [-0.3, -0.25) is 4.98 Å². The van der Waals surface area contributed by atoms with Crippen molar-refractivity contribution in [2.45, 2.75) is 19.4 Å². The predicted molar refractivity (Wildman–Crippen MR) is 40.3 cm³/mol. The molecule has 1 aromatic heterocycles. The van der Waals surface area contributed by atoms with Crippen LogP contribution in [0.2, 0.25) is 0 Å². The van der Waals surface area contributed by atoms with Crippen LogP contribution in [0.15, 0.2) is 4.79 Å². The van der Waals surface area contributed by atoms with E-state index in [0.717, 1.165) is 0 Å². The van der Waals surface area contributed by atoms with Crippen LogP contribution in [0.4, 0.5) is 0 Å². The summed E-state index contributed by atoms with van der Waals surface area (Å²) in [5.41, 5.74) is 5.50. The molecule has 0 aliphatic rings. The molecule has 0 saturated carbocycles. The number of rotatable bonds is 2. The summed E-state index contributed by atoms with van der Waals surface area (Å²) >= 11 is 0. The lowest BCUT2D eigenvalue weighted by atomic mass is 10.2. The molecule has 5 heteroatoms. The van der Waals surface area contributed by atoms with Gasteiger partial charge in [0, 0.05) is 0 Å². The predicted octanol–water partition coefficient (Wildman–Crippen LogP) is -0.182. The minimum absolute atomic E-state index is 0.163. The molecule has 1 aromatic rings. The Hall–Kier alpha value is -1.23. The van der Waals surface area contributed by atoms with E-state index < -0.39 is 5.69 Å². The molecule has 1 heterocycles. The molecule has 5 N–H and O–H groups in total. The number of nitrogens with two attached hydrogens (primary N) is 1. The molecule has 1 unspecified atom stereocenters. The fraction of sp³-hybridized carbons (Fsp3) is 0.500. The highest BCUT2D eigenvalue weighted by atomic mass is 16.3. The maximum absolute atomic E-state index is 10.6. The molecule has 0 fully saturated rings. The van der Waals surface area contributed by atoms with Crippen LogP contribution in [0.3, 0.4) is 0 Å². The molecule has 0 saturated heterocycles. The summed E-state index contributed by atoms with van der Waals surface area (Å²) in [5, 5.41) is 9.07. The summed E-state index contributed by atoms with van der Waals surface area (Å²) in [6, 6.07) is -0.311. The van der Waals surface area contributed by atoms with Gasteiger partial charge in [0.05, 0.1) is 11.7 Å². The molecule has 0 aliphatic heterocycles. The molecule has 0 spiro atoms. The van der Waals surface area contributed by atoms with Crippen molar-refractivity contribution in [2.24, 2.45) is 5.73 Å². The van der Waals surface area contributed by atoms with Crippen molar-refractivity contribution in [1.82, 2.24) is 9.97 Å². The maximum atomic E-state index is 10.6. The summed E-state index contributed by atoms with van der Waals surface area (Å²) in [7, 11) is 0.